The number of aromatic nitrogens is 1. The summed E-state index contributed by atoms with van der Waals surface area (Å²) in [5, 5.41) is 0. The van der Waals surface area contributed by atoms with Gasteiger partial charge in [0.15, 0.2) is 0 Å². The van der Waals surface area contributed by atoms with Gasteiger partial charge < -0.3 is 15.4 Å². The van der Waals surface area contributed by atoms with Gasteiger partial charge in [-0.15, -0.1) is 0 Å². The van der Waals surface area contributed by atoms with Crippen molar-refractivity contribution in [1.29, 1.82) is 0 Å². The molecular formula is C13H21N3O. The summed E-state index contributed by atoms with van der Waals surface area (Å²) < 4.78 is 5.60. The largest absolute Gasteiger partial charge is 0.473 e. The van der Waals surface area contributed by atoms with Crippen molar-refractivity contribution < 1.29 is 4.74 Å². The lowest BCUT2D eigenvalue weighted by Crippen LogP contribution is -2.37. The van der Waals surface area contributed by atoms with Crippen LogP contribution in [-0.4, -0.2) is 24.2 Å². The predicted molar refractivity (Wildman–Crippen MR) is 70.5 cm³/mol. The van der Waals surface area contributed by atoms with E-state index in [1.165, 1.54) is 19.3 Å². The van der Waals surface area contributed by atoms with E-state index in [9.17, 15) is 0 Å². The van der Waals surface area contributed by atoms with Gasteiger partial charge in [-0.05, 0) is 45.2 Å². The van der Waals surface area contributed by atoms with Crippen LogP contribution in [0.1, 0.15) is 33.1 Å². The van der Waals surface area contributed by atoms with E-state index in [1.807, 2.05) is 26.0 Å². The molecule has 1 aliphatic rings. The molecule has 0 radical (unpaired) electrons. The average molecular weight is 235 g/mol. The van der Waals surface area contributed by atoms with Crippen LogP contribution in [0, 0.1) is 0 Å². The van der Waals surface area contributed by atoms with Gasteiger partial charge in [-0.1, -0.05) is 0 Å². The molecule has 0 saturated heterocycles. The van der Waals surface area contributed by atoms with Crippen molar-refractivity contribution in [3.63, 3.8) is 0 Å². The number of nitrogens with two attached hydrogens (primary N) is 1. The molecule has 1 fully saturated rings. The normalized spacial score (nSPS) is 15.8. The van der Waals surface area contributed by atoms with E-state index in [4.69, 9.17) is 10.5 Å². The molecular weight excluding hydrogens is 214 g/mol. The maximum Gasteiger partial charge on any atom is 0.239 e. The lowest BCUT2D eigenvalue weighted by molar-refractivity contribution is 0.234. The summed E-state index contributed by atoms with van der Waals surface area (Å²) in [6, 6.07) is 4.45. The highest BCUT2D eigenvalue weighted by molar-refractivity contribution is 5.54. The smallest absolute Gasteiger partial charge is 0.239 e. The highest BCUT2D eigenvalue weighted by Gasteiger charge is 2.23. The molecule has 0 unspecified atom stereocenters. The van der Waals surface area contributed by atoms with Crippen LogP contribution in [0.5, 0.6) is 5.88 Å². The monoisotopic (exact) mass is 235 g/mol. The molecule has 1 saturated carbocycles. The number of pyridine rings is 1. The fraction of sp³-hybridized carbons (Fsp3) is 0.615. The van der Waals surface area contributed by atoms with Crippen molar-refractivity contribution >= 4 is 11.5 Å². The van der Waals surface area contributed by atoms with E-state index >= 15 is 0 Å². The molecule has 0 spiro atoms. The second-order valence-corrected chi connectivity index (χ2v) is 4.93. The second-order valence-electron chi connectivity index (χ2n) is 4.93. The first-order chi connectivity index (χ1) is 8.08. The summed E-state index contributed by atoms with van der Waals surface area (Å²) in [4.78, 5) is 6.71. The summed E-state index contributed by atoms with van der Waals surface area (Å²) in [7, 11) is 2.08. The van der Waals surface area contributed by atoms with Crippen molar-refractivity contribution in [2.24, 2.45) is 0 Å². The highest BCUT2D eigenvalue weighted by atomic mass is 16.5. The molecule has 1 aromatic rings. The van der Waals surface area contributed by atoms with Crippen LogP contribution < -0.4 is 15.4 Å². The van der Waals surface area contributed by atoms with Crippen LogP contribution in [0.15, 0.2) is 12.1 Å². The number of hydrogen-bond donors (Lipinski definition) is 1. The molecule has 1 aromatic heterocycles. The van der Waals surface area contributed by atoms with E-state index in [-0.39, 0.29) is 6.10 Å². The summed E-state index contributed by atoms with van der Waals surface area (Å²) in [5.41, 5.74) is 6.46. The van der Waals surface area contributed by atoms with Crippen molar-refractivity contribution in [1.82, 2.24) is 4.98 Å². The van der Waals surface area contributed by atoms with E-state index in [0.717, 1.165) is 5.82 Å². The highest BCUT2D eigenvalue weighted by Crippen LogP contribution is 2.30. The molecule has 0 amide bonds. The third-order valence-electron chi connectivity index (χ3n) is 3.21. The Kier molecular flexibility index (Phi) is 3.41. The molecule has 1 heterocycles. The zero-order valence-electron chi connectivity index (χ0n) is 10.8. The number of nitrogen functional groups attached to an aromatic ring is 1. The van der Waals surface area contributed by atoms with Crippen molar-refractivity contribution in [2.75, 3.05) is 17.7 Å². The third kappa shape index (κ3) is 2.62. The molecule has 1 aliphatic carbocycles. The van der Waals surface area contributed by atoms with Crippen LogP contribution in [-0.2, 0) is 0 Å². The first-order valence-corrected chi connectivity index (χ1v) is 6.24. The topological polar surface area (TPSA) is 51.4 Å². The number of ether oxygens (including phenoxy) is 1. The maximum atomic E-state index is 5.85. The van der Waals surface area contributed by atoms with Crippen LogP contribution >= 0.6 is 0 Å². The van der Waals surface area contributed by atoms with E-state index in [0.29, 0.717) is 17.6 Å². The molecule has 94 valence electrons. The molecule has 0 aliphatic heterocycles. The summed E-state index contributed by atoms with van der Waals surface area (Å²) >= 11 is 0. The van der Waals surface area contributed by atoms with Gasteiger partial charge in [0.1, 0.15) is 5.82 Å². The average Bonchev–Trinajstić information content (AvgIpc) is 2.18. The van der Waals surface area contributed by atoms with Gasteiger partial charge in [0.2, 0.25) is 5.88 Å². The van der Waals surface area contributed by atoms with Crippen LogP contribution in [0.2, 0.25) is 0 Å². The number of anilines is 2. The maximum absolute atomic E-state index is 5.85. The third-order valence-corrected chi connectivity index (χ3v) is 3.21. The van der Waals surface area contributed by atoms with Crippen LogP contribution in [0.25, 0.3) is 0 Å². The lowest BCUT2D eigenvalue weighted by atomic mass is 9.92. The second kappa shape index (κ2) is 4.82. The first-order valence-electron chi connectivity index (χ1n) is 6.24. The molecule has 4 nitrogen and oxygen atoms in total. The molecule has 2 rings (SSSR count). The molecule has 0 atom stereocenters. The van der Waals surface area contributed by atoms with E-state index < -0.39 is 0 Å². The summed E-state index contributed by atoms with van der Waals surface area (Å²) in [5.74, 6) is 1.49. The molecule has 17 heavy (non-hydrogen) atoms. The lowest BCUT2D eigenvalue weighted by Gasteiger charge is -2.35. The van der Waals surface area contributed by atoms with Crippen LogP contribution in [0.4, 0.5) is 11.5 Å². The van der Waals surface area contributed by atoms with Crippen molar-refractivity contribution in [3.05, 3.63) is 12.1 Å². The zero-order chi connectivity index (χ0) is 12.4. The SMILES string of the molecule is CC(C)Oc1nc(N(C)C2CCC2)ccc1N. The fourth-order valence-electron chi connectivity index (χ4n) is 1.92. The zero-order valence-corrected chi connectivity index (χ0v) is 10.8. The number of nitrogens with zero attached hydrogens (tertiary/aromatic N) is 2. The minimum Gasteiger partial charge on any atom is -0.473 e. The first kappa shape index (κ1) is 12.0. The van der Waals surface area contributed by atoms with Gasteiger partial charge in [0, 0.05) is 13.1 Å². The Labute approximate surface area is 103 Å². The van der Waals surface area contributed by atoms with Gasteiger partial charge in [-0.25, -0.2) is 0 Å². The minimum atomic E-state index is 0.0917. The number of rotatable bonds is 4. The Bertz CT molecular complexity index is 388. The molecule has 2 N–H and O–H groups in total. The predicted octanol–water partition coefficient (Wildman–Crippen LogP) is 2.44. The Balaban J connectivity index is 2.17. The Morgan fingerprint density at radius 1 is 1.41 bits per heavy atom. The molecule has 4 heteroatoms. The quantitative estimate of drug-likeness (QED) is 0.871. The van der Waals surface area contributed by atoms with E-state index in [2.05, 4.69) is 16.9 Å². The number of hydrogen-bond acceptors (Lipinski definition) is 4. The van der Waals surface area contributed by atoms with Gasteiger partial charge in [-0.3, -0.25) is 0 Å². The van der Waals surface area contributed by atoms with Crippen LogP contribution in [0.3, 0.4) is 0 Å². The Hall–Kier alpha value is -1.45. The van der Waals surface area contributed by atoms with E-state index in [1.54, 1.807) is 0 Å². The summed E-state index contributed by atoms with van der Waals surface area (Å²) in [6.07, 6.45) is 3.92. The fourth-order valence-corrected chi connectivity index (χ4v) is 1.92. The minimum absolute atomic E-state index is 0.0917. The Morgan fingerprint density at radius 3 is 2.65 bits per heavy atom. The standard InChI is InChI=1S/C13H21N3O/c1-9(2)17-13-11(14)7-8-12(15-13)16(3)10-5-4-6-10/h7-10H,4-6,14H2,1-3H3. The van der Waals surface area contributed by atoms with Crippen molar-refractivity contribution in [2.45, 2.75) is 45.3 Å². The van der Waals surface area contributed by atoms with Gasteiger partial charge in [0.05, 0.1) is 11.8 Å². The van der Waals surface area contributed by atoms with Gasteiger partial charge >= 0.3 is 0 Å². The molecule has 0 aromatic carbocycles. The van der Waals surface area contributed by atoms with Crippen molar-refractivity contribution in [3.8, 4) is 5.88 Å². The molecule has 0 bridgehead atoms. The Morgan fingerprint density at radius 2 is 2.12 bits per heavy atom. The van der Waals surface area contributed by atoms with Gasteiger partial charge in [0.25, 0.3) is 0 Å². The summed E-state index contributed by atoms with van der Waals surface area (Å²) in [6.45, 7) is 3.95. The van der Waals surface area contributed by atoms with Gasteiger partial charge in [-0.2, -0.15) is 4.98 Å².